The van der Waals surface area contributed by atoms with E-state index in [2.05, 4.69) is 5.32 Å². The number of rotatable bonds is 4. The van der Waals surface area contributed by atoms with Crippen LogP contribution in [-0.2, 0) is 14.3 Å². The molecule has 0 aromatic carbocycles. The summed E-state index contributed by atoms with van der Waals surface area (Å²) in [5, 5.41) is 3.36. The minimum Gasteiger partial charge on any atom is -0.460 e. The van der Waals surface area contributed by atoms with Crippen LogP contribution in [0.15, 0.2) is 0 Å². The Morgan fingerprint density at radius 1 is 1.38 bits per heavy atom. The van der Waals surface area contributed by atoms with E-state index in [0.717, 1.165) is 12.5 Å². The van der Waals surface area contributed by atoms with Crippen molar-refractivity contribution in [2.75, 3.05) is 13.2 Å². The molecule has 1 heterocycles. The van der Waals surface area contributed by atoms with Crippen LogP contribution in [0.4, 0.5) is 0 Å². The molecule has 0 aromatic heterocycles. The van der Waals surface area contributed by atoms with Gasteiger partial charge in [-0.3, -0.25) is 4.79 Å². The molecule has 0 radical (unpaired) electrons. The van der Waals surface area contributed by atoms with Gasteiger partial charge in [-0.15, -0.1) is 0 Å². The first-order valence-electron chi connectivity index (χ1n) is 6.15. The second kappa shape index (κ2) is 4.95. The predicted octanol–water partition coefficient (Wildman–Crippen LogP) is 0.897. The second-order valence-corrected chi connectivity index (χ2v) is 4.72. The number of Topliss-reactive ketones (excluding diaryl/α,β-unsaturated/α-hetero) is 1. The smallest absolute Gasteiger partial charge is 0.374 e. The highest BCUT2D eigenvalue weighted by molar-refractivity contribution is 6.33. The van der Waals surface area contributed by atoms with Gasteiger partial charge in [0.2, 0.25) is 5.78 Å². The highest BCUT2D eigenvalue weighted by Gasteiger charge is 2.40. The fraction of sp³-hybridized carbons (Fsp3) is 0.833. The first kappa shape index (κ1) is 11.6. The van der Waals surface area contributed by atoms with E-state index in [1.807, 2.05) is 0 Å². The lowest BCUT2D eigenvalue weighted by Gasteiger charge is -2.16. The molecular weight excluding hydrogens is 206 g/mol. The summed E-state index contributed by atoms with van der Waals surface area (Å²) >= 11 is 0. The van der Waals surface area contributed by atoms with Crippen molar-refractivity contribution in [2.24, 2.45) is 11.8 Å². The summed E-state index contributed by atoms with van der Waals surface area (Å²) in [6, 6.07) is 0.199. The zero-order valence-electron chi connectivity index (χ0n) is 9.70. The zero-order chi connectivity index (χ0) is 11.5. The van der Waals surface area contributed by atoms with Crippen LogP contribution in [0.1, 0.15) is 32.6 Å². The van der Waals surface area contributed by atoms with E-state index in [4.69, 9.17) is 4.74 Å². The minimum atomic E-state index is -0.675. The van der Waals surface area contributed by atoms with Crippen LogP contribution in [-0.4, -0.2) is 30.9 Å². The fourth-order valence-electron chi connectivity index (χ4n) is 3.02. The van der Waals surface area contributed by atoms with Crippen molar-refractivity contribution in [3.63, 3.8) is 0 Å². The molecule has 1 aliphatic heterocycles. The lowest BCUT2D eigenvalue weighted by Crippen LogP contribution is -2.32. The number of carbonyl (C=O) groups excluding carboxylic acids is 2. The van der Waals surface area contributed by atoms with Gasteiger partial charge in [0, 0.05) is 12.5 Å². The molecule has 0 bridgehead atoms. The molecule has 3 atom stereocenters. The molecule has 1 N–H and O–H groups in total. The first-order valence-corrected chi connectivity index (χ1v) is 6.15. The lowest BCUT2D eigenvalue weighted by atomic mass is 9.91. The van der Waals surface area contributed by atoms with E-state index in [-0.39, 0.29) is 18.4 Å². The third kappa shape index (κ3) is 2.26. The summed E-state index contributed by atoms with van der Waals surface area (Å²) in [7, 11) is 0. The highest BCUT2D eigenvalue weighted by atomic mass is 16.5. The van der Waals surface area contributed by atoms with Crippen LogP contribution in [0, 0.1) is 11.8 Å². The van der Waals surface area contributed by atoms with Gasteiger partial charge in [-0.05, 0) is 38.1 Å². The number of carbonyl (C=O) groups is 2. The average molecular weight is 225 g/mol. The Kier molecular flexibility index (Phi) is 3.59. The summed E-state index contributed by atoms with van der Waals surface area (Å²) < 4.78 is 4.71. The maximum atomic E-state index is 11.6. The Balaban J connectivity index is 1.85. The Hall–Kier alpha value is -0.900. The number of hydrogen-bond acceptors (Lipinski definition) is 4. The largest absolute Gasteiger partial charge is 0.460 e. The van der Waals surface area contributed by atoms with Crippen molar-refractivity contribution in [2.45, 2.75) is 38.6 Å². The van der Waals surface area contributed by atoms with Crippen molar-refractivity contribution < 1.29 is 14.3 Å². The second-order valence-electron chi connectivity index (χ2n) is 4.72. The fourth-order valence-corrected chi connectivity index (χ4v) is 3.02. The Labute approximate surface area is 95.7 Å². The Bertz CT molecular complexity index is 290. The molecular formula is C12H19NO3. The molecule has 4 heteroatoms. The number of hydrogen-bond donors (Lipinski definition) is 1. The van der Waals surface area contributed by atoms with E-state index in [9.17, 15) is 9.59 Å². The van der Waals surface area contributed by atoms with E-state index >= 15 is 0 Å². The van der Waals surface area contributed by atoms with Crippen LogP contribution in [0.25, 0.3) is 0 Å². The standard InChI is InChI=1S/C12H19NO3/c1-2-16-12(15)11(14)6-10-9-5-3-4-8(9)7-13-10/h8-10,13H,2-7H2,1H3. The van der Waals surface area contributed by atoms with Crippen molar-refractivity contribution in [1.82, 2.24) is 5.32 Å². The van der Waals surface area contributed by atoms with Crippen molar-refractivity contribution in [3.05, 3.63) is 0 Å². The summed E-state index contributed by atoms with van der Waals surface area (Å²) in [5.74, 6) is 0.260. The topological polar surface area (TPSA) is 55.4 Å². The average Bonchev–Trinajstić information content (AvgIpc) is 2.83. The van der Waals surface area contributed by atoms with Crippen LogP contribution in [0.3, 0.4) is 0 Å². The summed E-state index contributed by atoms with van der Waals surface area (Å²) in [4.78, 5) is 22.8. The van der Waals surface area contributed by atoms with Crippen molar-refractivity contribution >= 4 is 11.8 Å². The molecule has 0 amide bonds. The van der Waals surface area contributed by atoms with E-state index < -0.39 is 5.97 Å². The van der Waals surface area contributed by atoms with Gasteiger partial charge in [-0.1, -0.05) is 6.42 Å². The van der Waals surface area contributed by atoms with Crippen LogP contribution in [0.5, 0.6) is 0 Å². The molecule has 2 fully saturated rings. The van der Waals surface area contributed by atoms with Crippen LogP contribution >= 0.6 is 0 Å². The molecule has 4 nitrogen and oxygen atoms in total. The predicted molar refractivity (Wildman–Crippen MR) is 58.9 cm³/mol. The lowest BCUT2D eigenvalue weighted by molar-refractivity contribution is -0.153. The molecule has 0 aromatic rings. The van der Waals surface area contributed by atoms with Crippen molar-refractivity contribution in [3.8, 4) is 0 Å². The Morgan fingerprint density at radius 3 is 2.94 bits per heavy atom. The normalized spacial score (nSPS) is 32.4. The molecule has 1 saturated carbocycles. The molecule has 1 aliphatic carbocycles. The molecule has 0 spiro atoms. The molecule has 90 valence electrons. The van der Waals surface area contributed by atoms with Gasteiger partial charge in [-0.2, -0.15) is 0 Å². The molecule has 2 rings (SSSR count). The van der Waals surface area contributed by atoms with Crippen LogP contribution in [0.2, 0.25) is 0 Å². The molecule has 1 saturated heterocycles. The number of ether oxygens (including phenoxy) is 1. The molecule has 16 heavy (non-hydrogen) atoms. The number of fused-ring (bicyclic) bond motifs is 1. The minimum absolute atomic E-state index is 0.199. The molecule has 2 aliphatic rings. The number of esters is 1. The summed E-state index contributed by atoms with van der Waals surface area (Å²) in [6.07, 6.45) is 4.03. The maximum absolute atomic E-state index is 11.6. The third-order valence-electron chi connectivity index (χ3n) is 3.79. The zero-order valence-corrected chi connectivity index (χ0v) is 9.70. The number of ketones is 1. The summed E-state index contributed by atoms with van der Waals surface area (Å²) in [6.45, 7) is 2.99. The quantitative estimate of drug-likeness (QED) is 0.570. The van der Waals surface area contributed by atoms with Gasteiger partial charge < -0.3 is 10.1 Å². The maximum Gasteiger partial charge on any atom is 0.374 e. The molecule has 3 unspecified atom stereocenters. The van der Waals surface area contributed by atoms with Gasteiger partial charge in [0.15, 0.2) is 0 Å². The number of nitrogens with one attached hydrogen (secondary N) is 1. The monoisotopic (exact) mass is 225 g/mol. The summed E-state index contributed by atoms with van der Waals surface area (Å²) in [5.41, 5.74) is 0. The first-order chi connectivity index (χ1) is 7.72. The SMILES string of the molecule is CCOC(=O)C(=O)CC1NCC2CCCC21. The van der Waals surface area contributed by atoms with Gasteiger partial charge in [0.1, 0.15) is 0 Å². The van der Waals surface area contributed by atoms with E-state index in [1.165, 1.54) is 19.3 Å². The van der Waals surface area contributed by atoms with Gasteiger partial charge in [-0.25, -0.2) is 4.79 Å². The van der Waals surface area contributed by atoms with Crippen molar-refractivity contribution in [1.29, 1.82) is 0 Å². The third-order valence-corrected chi connectivity index (χ3v) is 3.79. The van der Waals surface area contributed by atoms with Gasteiger partial charge in [0.05, 0.1) is 6.61 Å². The van der Waals surface area contributed by atoms with Gasteiger partial charge >= 0.3 is 5.97 Å². The van der Waals surface area contributed by atoms with Crippen LogP contribution < -0.4 is 5.32 Å². The Morgan fingerprint density at radius 2 is 2.19 bits per heavy atom. The van der Waals surface area contributed by atoms with Gasteiger partial charge in [0.25, 0.3) is 0 Å². The highest BCUT2D eigenvalue weighted by Crippen LogP contribution is 2.38. The van der Waals surface area contributed by atoms with E-state index in [0.29, 0.717) is 12.3 Å². The van der Waals surface area contributed by atoms with E-state index in [1.54, 1.807) is 6.92 Å².